The minimum Gasteiger partial charge on any atom is -0.493 e. The van der Waals surface area contributed by atoms with Crippen LogP contribution in [0.1, 0.15) is 18.2 Å². The van der Waals surface area contributed by atoms with E-state index in [4.69, 9.17) is 9.15 Å². The first kappa shape index (κ1) is 17.3. The summed E-state index contributed by atoms with van der Waals surface area (Å²) in [5, 5.41) is 5.17. The van der Waals surface area contributed by atoms with E-state index in [9.17, 15) is 9.59 Å². The van der Waals surface area contributed by atoms with Gasteiger partial charge in [0.15, 0.2) is 0 Å². The second-order valence-electron chi connectivity index (χ2n) is 4.88. The molecule has 2 aromatic rings. The third kappa shape index (κ3) is 5.64. The number of carbonyl (C=O) groups excluding carboxylic acids is 2. The van der Waals surface area contributed by atoms with Crippen LogP contribution in [0.5, 0.6) is 5.75 Å². The highest BCUT2D eigenvalue weighted by Gasteiger charge is 2.05. The number of benzene rings is 1. The topological polar surface area (TPSA) is 80.6 Å². The fraction of sp³-hybridized carbons (Fsp3) is 0.222. The van der Waals surface area contributed by atoms with Crippen LogP contribution >= 0.6 is 0 Å². The predicted molar refractivity (Wildman–Crippen MR) is 90.2 cm³/mol. The molecule has 0 fully saturated rings. The molecule has 1 aromatic heterocycles. The molecule has 2 rings (SSSR count). The lowest BCUT2D eigenvalue weighted by molar-refractivity contribution is -0.124. The maximum Gasteiger partial charge on any atom is 0.244 e. The second kappa shape index (κ2) is 9.19. The highest BCUT2D eigenvalue weighted by Crippen LogP contribution is 2.19. The summed E-state index contributed by atoms with van der Waals surface area (Å²) in [6, 6.07) is 10.9. The number of nitrogens with one attached hydrogen (secondary N) is 2. The summed E-state index contributed by atoms with van der Waals surface area (Å²) in [6.45, 7) is 2.64. The van der Waals surface area contributed by atoms with Crippen LogP contribution in [-0.4, -0.2) is 25.0 Å². The maximum atomic E-state index is 11.8. The van der Waals surface area contributed by atoms with Gasteiger partial charge in [-0.1, -0.05) is 18.2 Å². The Morgan fingerprint density at radius 2 is 2.00 bits per heavy atom. The molecule has 1 aromatic carbocycles. The first-order chi connectivity index (χ1) is 11.7. The van der Waals surface area contributed by atoms with Crippen LogP contribution in [0.4, 0.5) is 0 Å². The first-order valence-corrected chi connectivity index (χ1v) is 7.66. The Bertz CT molecular complexity index is 693. The van der Waals surface area contributed by atoms with Crippen molar-refractivity contribution < 1.29 is 18.7 Å². The van der Waals surface area contributed by atoms with E-state index in [1.54, 1.807) is 18.2 Å². The van der Waals surface area contributed by atoms with Gasteiger partial charge in [0, 0.05) is 11.6 Å². The summed E-state index contributed by atoms with van der Waals surface area (Å²) in [6.07, 6.45) is 4.56. The maximum absolute atomic E-state index is 11.8. The van der Waals surface area contributed by atoms with Crippen LogP contribution in [0, 0.1) is 0 Å². The lowest BCUT2D eigenvalue weighted by Crippen LogP contribution is -2.35. The molecular weight excluding hydrogens is 308 g/mol. The number of furan rings is 1. The van der Waals surface area contributed by atoms with E-state index in [1.807, 2.05) is 31.2 Å². The Morgan fingerprint density at radius 1 is 1.17 bits per heavy atom. The van der Waals surface area contributed by atoms with Crippen molar-refractivity contribution in [2.45, 2.75) is 13.5 Å². The molecule has 126 valence electrons. The van der Waals surface area contributed by atoms with Gasteiger partial charge in [-0.25, -0.2) is 0 Å². The van der Waals surface area contributed by atoms with Crippen molar-refractivity contribution in [2.24, 2.45) is 0 Å². The van der Waals surface area contributed by atoms with Gasteiger partial charge in [0.1, 0.15) is 11.5 Å². The fourth-order valence-corrected chi connectivity index (χ4v) is 1.96. The molecule has 0 unspecified atom stereocenters. The molecule has 0 bridgehead atoms. The third-order valence-electron chi connectivity index (χ3n) is 3.10. The zero-order chi connectivity index (χ0) is 17.2. The summed E-state index contributed by atoms with van der Waals surface area (Å²) in [5.41, 5.74) is 0.803. The van der Waals surface area contributed by atoms with E-state index in [-0.39, 0.29) is 18.4 Å². The molecular formula is C18H20N2O4. The molecule has 1 heterocycles. The van der Waals surface area contributed by atoms with Gasteiger partial charge >= 0.3 is 0 Å². The van der Waals surface area contributed by atoms with Crippen molar-refractivity contribution in [1.82, 2.24) is 10.6 Å². The largest absolute Gasteiger partial charge is 0.493 e. The molecule has 6 nitrogen and oxygen atoms in total. The minimum absolute atomic E-state index is 0.100. The average molecular weight is 328 g/mol. The number of ether oxygens (including phenoxy) is 1. The Labute approximate surface area is 140 Å². The van der Waals surface area contributed by atoms with Gasteiger partial charge in [0.25, 0.3) is 0 Å². The SMILES string of the molecule is CCOc1ccccc1/C=C/C(=O)NCC(=O)NCc1ccco1. The Hall–Kier alpha value is -3.02. The molecule has 0 saturated heterocycles. The number of carbonyl (C=O) groups is 2. The molecule has 0 saturated carbocycles. The Kier molecular flexibility index (Phi) is 6.64. The summed E-state index contributed by atoms with van der Waals surface area (Å²) in [5.74, 6) is 0.722. The first-order valence-electron chi connectivity index (χ1n) is 7.66. The number of hydrogen-bond acceptors (Lipinski definition) is 4. The van der Waals surface area contributed by atoms with E-state index in [0.29, 0.717) is 24.7 Å². The van der Waals surface area contributed by atoms with Gasteiger partial charge in [-0.05, 0) is 31.2 Å². The van der Waals surface area contributed by atoms with E-state index in [1.165, 1.54) is 12.3 Å². The lowest BCUT2D eigenvalue weighted by atomic mass is 10.2. The smallest absolute Gasteiger partial charge is 0.244 e. The highest BCUT2D eigenvalue weighted by molar-refractivity contribution is 5.94. The van der Waals surface area contributed by atoms with E-state index >= 15 is 0 Å². The van der Waals surface area contributed by atoms with E-state index in [0.717, 1.165) is 5.56 Å². The molecule has 2 N–H and O–H groups in total. The van der Waals surface area contributed by atoms with Gasteiger partial charge in [0.05, 0.1) is 26.0 Å². The number of hydrogen-bond donors (Lipinski definition) is 2. The number of rotatable bonds is 8. The second-order valence-corrected chi connectivity index (χ2v) is 4.88. The molecule has 0 atom stereocenters. The predicted octanol–water partition coefficient (Wildman–Crippen LogP) is 2.12. The number of amides is 2. The fourth-order valence-electron chi connectivity index (χ4n) is 1.96. The molecule has 24 heavy (non-hydrogen) atoms. The Balaban J connectivity index is 1.77. The van der Waals surface area contributed by atoms with Crippen molar-refractivity contribution >= 4 is 17.9 Å². The summed E-state index contributed by atoms with van der Waals surface area (Å²) < 4.78 is 10.6. The quantitative estimate of drug-likeness (QED) is 0.728. The van der Waals surface area contributed by atoms with Crippen molar-refractivity contribution in [2.75, 3.05) is 13.2 Å². The van der Waals surface area contributed by atoms with Crippen LogP contribution in [0.2, 0.25) is 0 Å². The summed E-state index contributed by atoms with van der Waals surface area (Å²) in [4.78, 5) is 23.4. The van der Waals surface area contributed by atoms with Crippen molar-refractivity contribution in [3.05, 3.63) is 60.1 Å². The summed E-state index contributed by atoms with van der Waals surface area (Å²) in [7, 11) is 0. The molecule has 0 aliphatic carbocycles. The standard InChI is InChI=1S/C18H20N2O4/c1-2-23-16-8-4-3-6-14(16)9-10-17(21)20-13-18(22)19-12-15-7-5-11-24-15/h3-11H,2,12-13H2,1H3,(H,19,22)(H,20,21)/b10-9+. The van der Waals surface area contributed by atoms with Gasteiger partial charge in [-0.2, -0.15) is 0 Å². The Morgan fingerprint density at radius 3 is 2.75 bits per heavy atom. The van der Waals surface area contributed by atoms with Crippen LogP contribution in [-0.2, 0) is 16.1 Å². The van der Waals surface area contributed by atoms with Crippen LogP contribution in [0.3, 0.4) is 0 Å². The van der Waals surface area contributed by atoms with Crippen molar-refractivity contribution in [3.63, 3.8) is 0 Å². The van der Waals surface area contributed by atoms with Gasteiger partial charge in [-0.15, -0.1) is 0 Å². The molecule has 0 radical (unpaired) electrons. The van der Waals surface area contributed by atoms with Crippen molar-refractivity contribution in [3.8, 4) is 5.75 Å². The molecule has 2 amide bonds. The van der Waals surface area contributed by atoms with Crippen molar-refractivity contribution in [1.29, 1.82) is 0 Å². The van der Waals surface area contributed by atoms with Crippen LogP contribution < -0.4 is 15.4 Å². The molecule has 0 aliphatic heterocycles. The van der Waals surface area contributed by atoms with Crippen LogP contribution in [0.25, 0.3) is 6.08 Å². The molecule has 0 spiro atoms. The molecule has 6 heteroatoms. The van der Waals surface area contributed by atoms with Gasteiger partial charge < -0.3 is 19.8 Å². The zero-order valence-corrected chi connectivity index (χ0v) is 13.5. The lowest BCUT2D eigenvalue weighted by Gasteiger charge is -2.06. The van der Waals surface area contributed by atoms with Gasteiger partial charge in [-0.3, -0.25) is 9.59 Å². The number of para-hydroxylation sites is 1. The third-order valence-corrected chi connectivity index (χ3v) is 3.10. The molecule has 0 aliphatic rings. The zero-order valence-electron chi connectivity index (χ0n) is 13.5. The minimum atomic E-state index is -0.352. The van der Waals surface area contributed by atoms with Gasteiger partial charge in [0.2, 0.25) is 11.8 Å². The summed E-state index contributed by atoms with van der Waals surface area (Å²) >= 11 is 0. The van der Waals surface area contributed by atoms with E-state index in [2.05, 4.69) is 10.6 Å². The average Bonchev–Trinajstić information content (AvgIpc) is 3.11. The van der Waals surface area contributed by atoms with E-state index < -0.39 is 0 Å². The normalized spacial score (nSPS) is 10.5. The monoisotopic (exact) mass is 328 g/mol. The van der Waals surface area contributed by atoms with Crippen LogP contribution in [0.15, 0.2) is 53.2 Å². The highest BCUT2D eigenvalue weighted by atomic mass is 16.5.